The van der Waals surface area contributed by atoms with Crippen LogP contribution in [0.4, 0.5) is 5.13 Å². The van der Waals surface area contributed by atoms with E-state index in [1.165, 1.54) is 12.1 Å². The van der Waals surface area contributed by atoms with Crippen LogP contribution in [0.2, 0.25) is 0 Å². The van der Waals surface area contributed by atoms with E-state index in [0.29, 0.717) is 17.1 Å². The zero-order chi connectivity index (χ0) is 20.1. The molecule has 0 fully saturated rings. The number of carbonyl (C=O) groups is 1. The van der Waals surface area contributed by atoms with Crippen molar-refractivity contribution in [3.63, 3.8) is 0 Å². The Balaban J connectivity index is 1.68. The summed E-state index contributed by atoms with van der Waals surface area (Å²) in [4.78, 5) is 17.1. The summed E-state index contributed by atoms with van der Waals surface area (Å²) in [6.45, 7) is 2.00. The molecule has 0 atom stereocenters. The van der Waals surface area contributed by atoms with Gasteiger partial charge in [0.15, 0.2) is 5.13 Å². The van der Waals surface area contributed by atoms with Crippen molar-refractivity contribution in [1.82, 2.24) is 10.3 Å². The van der Waals surface area contributed by atoms with Crippen LogP contribution in [0.5, 0.6) is 5.75 Å². The first-order valence-corrected chi connectivity index (χ1v) is 10.7. The summed E-state index contributed by atoms with van der Waals surface area (Å²) in [7, 11) is -2.16. The molecule has 0 saturated carbocycles. The van der Waals surface area contributed by atoms with Gasteiger partial charge in [-0.3, -0.25) is 9.52 Å². The van der Waals surface area contributed by atoms with Crippen molar-refractivity contribution in [2.45, 2.75) is 18.4 Å². The van der Waals surface area contributed by atoms with Crippen molar-refractivity contribution >= 4 is 32.4 Å². The van der Waals surface area contributed by atoms with Crippen LogP contribution in [0, 0.1) is 6.92 Å². The fourth-order valence-corrected chi connectivity index (χ4v) is 4.57. The van der Waals surface area contributed by atoms with Gasteiger partial charge in [0.2, 0.25) is 0 Å². The Kier molecular flexibility index (Phi) is 5.96. The highest BCUT2D eigenvalue weighted by atomic mass is 32.2. The number of hydrogen-bond donors (Lipinski definition) is 2. The molecule has 3 aromatic rings. The predicted molar refractivity (Wildman–Crippen MR) is 108 cm³/mol. The first-order chi connectivity index (χ1) is 13.4. The number of nitrogens with zero attached hydrogens (tertiary/aromatic N) is 1. The van der Waals surface area contributed by atoms with Crippen LogP contribution >= 0.6 is 11.3 Å². The van der Waals surface area contributed by atoms with Gasteiger partial charge in [-0.2, -0.15) is 0 Å². The number of amides is 1. The van der Waals surface area contributed by atoms with Crippen LogP contribution in [0.15, 0.2) is 59.5 Å². The summed E-state index contributed by atoms with van der Waals surface area (Å²) in [5.74, 6) is 0.430. The molecule has 0 aliphatic heterocycles. The number of methoxy groups -OCH3 is 1. The molecule has 7 nitrogen and oxygen atoms in total. The number of aromatic nitrogens is 1. The summed E-state index contributed by atoms with van der Waals surface area (Å²) < 4.78 is 32.3. The van der Waals surface area contributed by atoms with Gasteiger partial charge in [-0.1, -0.05) is 41.7 Å². The molecule has 0 aliphatic carbocycles. The number of carbonyl (C=O) groups excluding carboxylic acids is 1. The third-order valence-electron chi connectivity index (χ3n) is 3.89. The number of benzene rings is 2. The minimum atomic E-state index is -3.75. The van der Waals surface area contributed by atoms with E-state index in [0.717, 1.165) is 22.6 Å². The number of aryl methyl sites for hydroxylation is 1. The minimum absolute atomic E-state index is 0.133. The maximum atomic E-state index is 12.5. The summed E-state index contributed by atoms with van der Waals surface area (Å²) in [6.07, 6.45) is 0. The molecule has 3 rings (SSSR count). The topological polar surface area (TPSA) is 97.4 Å². The molecular formula is C19H19N3O4S2. The molecule has 0 bridgehead atoms. The highest BCUT2D eigenvalue weighted by Gasteiger charge is 2.20. The normalized spacial score (nSPS) is 11.1. The number of anilines is 1. The molecule has 146 valence electrons. The largest absolute Gasteiger partial charge is 0.497 e. The zero-order valence-corrected chi connectivity index (χ0v) is 16.9. The Morgan fingerprint density at radius 1 is 1.11 bits per heavy atom. The van der Waals surface area contributed by atoms with Gasteiger partial charge < -0.3 is 10.1 Å². The molecule has 28 heavy (non-hydrogen) atoms. The highest BCUT2D eigenvalue weighted by Crippen LogP contribution is 2.25. The Bertz CT molecular complexity index is 1060. The van der Waals surface area contributed by atoms with Crippen LogP contribution < -0.4 is 14.8 Å². The lowest BCUT2D eigenvalue weighted by atomic mass is 10.2. The molecule has 0 spiro atoms. The second-order valence-corrected chi connectivity index (χ2v) is 8.56. The van der Waals surface area contributed by atoms with Gasteiger partial charge in [0.25, 0.3) is 15.9 Å². The third-order valence-corrected chi connectivity index (χ3v) is 6.45. The highest BCUT2D eigenvalue weighted by molar-refractivity contribution is 7.93. The molecule has 1 aromatic heterocycles. The second-order valence-electron chi connectivity index (χ2n) is 5.88. The van der Waals surface area contributed by atoms with E-state index >= 15 is 0 Å². The van der Waals surface area contributed by atoms with Gasteiger partial charge in [0.1, 0.15) is 10.6 Å². The van der Waals surface area contributed by atoms with Crippen LogP contribution in [0.3, 0.4) is 0 Å². The molecule has 1 heterocycles. The van der Waals surface area contributed by atoms with Gasteiger partial charge in [-0.25, -0.2) is 13.4 Å². The van der Waals surface area contributed by atoms with Crippen molar-refractivity contribution in [1.29, 1.82) is 0 Å². The maximum absolute atomic E-state index is 12.5. The molecular weight excluding hydrogens is 398 g/mol. The summed E-state index contributed by atoms with van der Waals surface area (Å²) in [5.41, 5.74) is 1.38. The number of thiazole rings is 1. The fraction of sp³-hybridized carbons (Fsp3) is 0.158. The van der Waals surface area contributed by atoms with Crippen molar-refractivity contribution in [3.05, 3.63) is 70.7 Å². The van der Waals surface area contributed by atoms with Gasteiger partial charge in [0, 0.05) is 6.54 Å². The smallest absolute Gasteiger partial charge is 0.263 e. The number of sulfonamides is 1. The molecule has 2 aromatic carbocycles. The summed E-state index contributed by atoms with van der Waals surface area (Å²) >= 11 is 0.997. The Morgan fingerprint density at radius 3 is 2.43 bits per heavy atom. The van der Waals surface area contributed by atoms with Gasteiger partial charge in [-0.05, 0) is 36.8 Å². The molecule has 0 saturated heterocycles. The first-order valence-electron chi connectivity index (χ1n) is 8.35. The average Bonchev–Trinajstić information content (AvgIpc) is 3.06. The Labute approximate surface area is 167 Å². The van der Waals surface area contributed by atoms with E-state index < -0.39 is 10.0 Å². The SMILES string of the molecule is COc1ccc(CNC(=O)c2sc(NS(=O)(=O)c3ccccc3)nc2C)cc1. The van der Waals surface area contributed by atoms with Crippen LogP contribution in [0.25, 0.3) is 0 Å². The van der Waals surface area contributed by atoms with Crippen LogP contribution in [0.1, 0.15) is 20.9 Å². The Hall–Kier alpha value is -2.91. The van der Waals surface area contributed by atoms with E-state index in [-0.39, 0.29) is 15.9 Å². The van der Waals surface area contributed by atoms with Gasteiger partial charge in [-0.15, -0.1) is 0 Å². The molecule has 2 N–H and O–H groups in total. The quantitative estimate of drug-likeness (QED) is 0.615. The first kappa shape index (κ1) is 19.8. The van der Waals surface area contributed by atoms with Gasteiger partial charge in [0.05, 0.1) is 17.7 Å². The van der Waals surface area contributed by atoms with Crippen LogP contribution in [-0.2, 0) is 16.6 Å². The van der Waals surface area contributed by atoms with Crippen molar-refractivity contribution in [2.24, 2.45) is 0 Å². The van der Waals surface area contributed by atoms with E-state index in [1.807, 2.05) is 24.3 Å². The maximum Gasteiger partial charge on any atom is 0.263 e. The lowest BCUT2D eigenvalue weighted by Crippen LogP contribution is -2.22. The zero-order valence-electron chi connectivity index (χ0n) is 15.3. The Morgan fingerprint density at radius 2 is 1.79 bits per heavy atom. The monoisotopic (exact) mass is 417 g/mol. The number of rotatable bonds is 7. The molecule has 0 unspecified atom stereocenters. The molecule has 0 aliphatic rings. The number of hydrogen-bond acceptors (Lipinski definition) is 6. The standard InChI is InChI=1S/C19H19N3O4S2/c1-13-17(18(23)20-12-14-8-10-15(26-2)11-9-14)27-19(21-13)22-28(24,25)16-6-4-3-5-7-16/h3-11H,12H2,1-2H3,(H,20,23)(H,21,22). The average molecular weight is 418 g/mol. The van der Waals surface area contributed by atoms with Crippen molar-refractivity contribution in [3.8, 4) is 5.75 Å². The second kappa shape index (κ2) is 8.41. The van der Waals surface area contributed by atoms with Crippen LogP contribution in [-0.4, -0.2) is 26.4 Å². The van der Waals surface area contributed by atoms with E-state index in [1.54, 1.807) is 32.2 Å². The molecule has 0 radical (unpaired) electrons. The summed E-state index contributed by atoms with van der Waals surface area (Å²) in [5, 5.41) is 2.96. The lowest BCUT2D eigenvalue weighted by molar-refractivity contribution is 0.0954. The number of ether oxygens (including phenoxy) is 1. The van der Waals surface area contributed by atoms with E-state index in [4.69, 9.17) is 4.74 Å². The molecule has 1 amide bonds. The predicted octanol–water partition coefficient (Wildman–Crippen LogP) is 3.19. The van der Waals surface area contributed by atoms with Crippen molar-refractivity contribution < 1.29 is 17.9 Å². The molecule has 9 heteroatoms. The van der Waals surface area contributed by atoms with E-state index in [9.17, 15) is 13.2 Å². The van der Waals surface area contributed by atoms with E-state index in [2.05, 4.69) is 15.0 Å². The lowest BCUT2D eigenvalue weighted by Gasteiger charge is -2.05. The summed E-state index contributed by atoms with van der Waals surface area (Å²) in [6, 6.07) is 15.3. The van der Waals surface area contributed by atoms with Crippen molar-refractivity contribution in [2.75, 3.05) is 11.8 Å². The minimum Gasteiger partial charge on any atom is -0.497 e. The third kappa shape index (κ3) is 4.68. The number of nitrogens with one attached hydrogen (secondary N) is 2. The fourth-order valence-electron chi connectivity index (χ4n) is 2.43. The van der Waals surface area contributed by atoms with Gasteiger partial charge >= 0.3 is 0 Å².